The summed E-state index contributed by atoms with van der Waals surface area (Å²) in [6.07, 6.45) is 1.49. The van der Waals surface area contributed by atoms with Crippen LogP contribution in [0.2, 0.25) is 0 Å². The number of pyridine rings is 1. The van der Waals surface area contributed by atoms with Gasteiger partial charge < -0.3 is 4.98 Å². The van der Waals surface area contributed by atoms with Gasteiger partial charge in [0.15, 0.2) is 5.69 Å². The summed E-state index contributed by atoms with van der Waals surface area (Å²) in [5.74, 6) is -1.83. The van der Waals surface area contributed by atoms with Gasteiger partial charge in [-0.25, -0.2) is 0 Å². The SMILES string of the molecule is [C-]#[N+]c1c(F)c[c-]c(-c2ccccn2)c1F.[Ir]. The molecule has 1 heterocycles. The van der Waals surface area contributed by atoms with Crippen LogP contribution in [0.4, 0.5) is 14.5 Å². The van der Waals surface area contributed by atoms with Crippen molar-refractivity contribution in [3.63, 3.8) is 0 Å². The molecule has 2 rings (SSSR count). The molecule has 0 aliphatic rings. The molecular weight excluding hydrogens is 402 g/mol. The van der Waals surface area contributed by atoms with E-state index in [9.17, 15) is 8.78 Å². The maximum absolute atomic E-state index is 13.7. The Morgan fingerprint density at radius 2 is 2.06 bits per heavy atom. The molecule has 5 heteroatoms. The summed E-state index contributed by atoms with van der Waals surface area (Å²) in [5, 5.41) is 0. The first kappa shape index (κ1) is 13.4. The molecule has 0 spiro atoms. The Morgan fingerprint density at radius 3 is 2.65 bits per heavy atom. The van der Waals surface area contributed by atoms with Gasteiger partial charge in [-0.1, -0.05) is 12.1 Å². The first-order chi connectivity index (χ1) is 7.74. The van der Waals surface area contributed by atoms with Crippen LogP contribution in [-0.2, 0) is 20.1 Å². The van der Waals surface area contributed by atoms with Crippen LogP contribution in [0.25, 0.3) is 16.1 Å². The molecule has 87 valence electrons. The molecule has 0 N–H and O–H groups in total. The molecule has 0 saturated carbocycles. The van der Waals surface area contributed by atoms with Gasteiger partial charge in [0.1, 0.15) is 0 Å². The van der Waals surface area contributed by atoms with Crippen molar-refractivity contribution in [1.29, 1.82) is 0 Å². The summed E-state index contributed by atoms with van der Waals surface area (Å²) < 4.78 is 26.7. The second kappa shape index (κ2) is 5.62. The standard InChI is InChI=1S/C12H5F2N2.Ir/c1-15-12-9(13)6-5-8(11(12)14)10-4-2-3-7-16-10;/h2-4,6-7H;/q-1;. The molecule has 0 aliphatic carbocycles. The zero-order valence-corrected chi connectivity index (χ0v) is 10.8. The van der Waals surface area contributed by atoms with E-state index in [4.69, 9.17) is 6.57 Å². The fourth-order valence-electron chi connectivity index (χ4n) is 1.29. The van der Waals surface area contributed by atoms with E-state index >= 15 is 0 Å². The second-order valence-corrected chi connectivity index (χ2v) is 3.00. The Morgan fingerprint density at radius 1 is 1.29 bits per heavy atom. The summed E-state index contributed by atoms with van der Waals surface area (Å²) in [7, 11) is 0. The Kier molecular flexibility index (Phi) is 4.44. The van der Waals surface area contributed by atoms with Crippen molar-refractivity contribution in [3.05, 3.63) is 59.6 Å². The van der Waals surface area contributed by atoms with E-state index in [0.717, 1.165) is 6.07 Å². The number of hydrogen-bond acceptors (Lipinski definition) is 1. The van der Waals surface area contributed by atoms with Crippen molar-refractivity contribution in [2.75, 3.05) is 0 Å². The van der Waals surface area contributed by atoms with E-state index in [1.807, 2.05) is 0 Å². The van der Waals surface area contributed by atoms with E-state index in [1.54, 1.807) is 18.2 Å². The van der Waals surface area contributed by atoms with Crippen LogP contribution in [0, 0.1) is 24.3 Å². The molecule has 1 aromatic heterocycles. The summed E-state index contributed by atoms with van der Waals surface area (Å²) in [6.45, 7) is 6.70. The Balaban J connectivity index is 0.00000144. The molecule has 1 radical (unpaired) electrons. The van der Waals surface area contributed by atoms with Crippen molar-refractivity contribution >= 4 is 5.69 Å². The minimum absolute atomic E-state index is 0. The van der Waals surface area contributed by atoms with Gasteiger partial charge in [0.2, 0.25) is 0 Å². The molecule has 0 atom stereocenters. The van der Waals surface area contributed by atoms with Gasteiger partial charge >= 0.3 is 0 Å². The summed E-state index contributed by atoms with van der Waals surface area (Å²) in [6, 6.07) is 8.31. The second-order valence-electron chi connectivity index (χ2n) is 3.00. The van der Waals surface area contributed by atoms with Gasteiger partial charge in [-0.05, 0) is 11.8 Å². The summed E-state index contributed by atoms with van der Waals surface area (Å²) >= 11 is 0. The van der Waals surface area contributed by atoms with Crippen LogP contribution in [0.5, 0.6) is 0 Å². The van der Waals surface area contributed by atoms with E-state index in [-0.39, 0.29) is 25.7 Å². The van der Waals surface area contributed by atoms with Crippen molar-refractivity contribution in [2.24, 2.45) is 0 Å². The molecule has 0 fully saturated rings. The number of rotatable bonds is 1. The first-order valence-corrected chi connectivity index (χ1v) is 4.42. The van der Waals surface area contributed by atoms with Crippen molar-refractivity contribution < 1.29 is 28.9 Å². The van der Waals surface area contributed by atoms with Crippen molar-refractivity contribution in [2.45, 2.75) is 0 Å². The average Bonchev–Trinajstić information content (AvgIpc) is 2.31. The molecule has 0 aliphatic heterocycles. The third-order valence-electron chi connectivity index (χ3n) is 2.03. The maximum Gasteiger partial charge on any atom is 0.176 e. The Hall–Kier alpha value is -1.63. The van der Waals surface area contributed by atoms with Crippen LogP contribution in [0.3, 0.4) is 0 Å². The molecule has 0 bridgehead atoms. The van der Waals surface area contributed by atoms with E-state index in [1.165, 1.54) is 6.20 Å². The third kappa shape index (κ3) is 2.55. The number of benzene rings is 1. The Labute approximate surface area is 110 Å². The first-order valence-electron chi connectivity index (χ1n) is 4.42. The normalized spacial score (nSPS) is 9.24. The van der Waals surface area contributed by atoms with E-state index < -0.39 is 17.3 Å². The number of aromatic nitrogens is 1. The maximum atomic E-state index is 13.7. The smallest absolute Gasteiger partial charge is 0.176 e. The van der Waals surface area contributed by atoms with Crippen LogP contribution in [-0.4, -0.2) is 4.98 Å². The largest absolute Gasteiger partial charge is 0.305 e. The van der Waals surface area contributed by atoms with Gasteiger partial charge in [-0.2, -0.15) is 0 Å². The number of nitrogens with zero attached hydrogens (tertiary/aromatic N) is 2. The molecule has 0 unspecified atom stereocenters. The van der Waals surface area contributed by atoms with Gasteiger partial charge in [0.25, 0.3) is 0 Å². The number of hydrogen-bond donors (Lipinski definition) is 0. The average molecular weight is 407 g/mol. The third-order valence-corrected chi connectivity index (χ3v) is 2.03. The molecule has 17 heavy (non-hydrogen) atoms. The molecule has 0 amide bonds. The predicted molar refractivity (Wildman–Crippen MR) is 54.7 cm³/mol. The predicted octanol–water partition coefficient (Wildman–Crippen LogP) is 3.38. The van der Waals surface area contributed by atoms with Crippen LogP contribution < -0.4 is 0 Å². The van der Waals surface area contributed by atoms with E-state index in [2.05, 4.69) is 15.9 Å². The molecule has 1 aromatic carbocycles. The van der Waals surface area contributed by atoms with Gasteiger partial charge in [0, 0.05) is 37.9 Å². The Bertz CT molecular complexity index is 565. The molecule has 2 aromatic rings. The summed E-state index contributed by atoms with van der Waals surface area (Å²) in [4.78, 5) is 6.73. The van der Waals surface area contributed by atoms with Crippen molar-refractivity contribution in [3.8, 4) is 11.3 Å². The quantitative estimate of drug-likeness (QED) is 0.663. The molecule has 2 nitrogen and oxygen atoms in total. The minimum Gasteiger partial charge on any atom is -0.305 e. The van der Waals surface area contributed by atoms with Gasteiger partial charge in [0.05, 0.1) is 6.57 Å². The zero-order valence-electron chi connectivity index (χ0n) is 8.37. The van der Waals surface area contributed by atoms with Crippen LogP contribution >= 0.6 is 0 Å². The van der Waals surface area contributed by atoms with E-state index in [0.29, 0.717) is 5.69 Å². The molecule has 0 saturated heterocycles. The fourth-order valence-corrected chi connectivity index (χ4v) is 1.29. The van der Waals surface area contributed by atoms with Gasteiger partial charge in [-0.15, -0.1) is 17.7 Å². The number of halogens is 2. The van der Waals surface area contributed by atoms with Crippen LogP contribution in [0.1, 0.15) is 0 Å². The fraction of sp³-hybridized carbons (Fsp3) is 0. The van der Waals surface area contributed by atoms with Gasteiger partial charge in [-0.3, -0.25) is 13.6 Å². The van der Waals surface area contributed by atoms with Crippen molar-refractivity contribution in [1.82, 2.24) is 4.98 Å². The topological polar surface area (TPSA) is 17.2 Å². The monoisotopic (exact) mass is 408 g/mol. The molecular formula is C12H5F2IrN2-. The van der Waals surface area contributed by atoms with Crippen LogP contribution in [0.15, 0.2) is 30.5 Å². The zero-order chi connectivity index (χ0) is 11.5. The minimum atomic E-state index is -0.922. The summed E-state index contributed by atoms with van der Waals surface area (Å²) in [5.41, 5.74) is -0.294.